The first-order chi connectivity index (χ1) is 14.2. The molecule has 1 atom stereocenters. The van der Waals surface area contributed by atoms with E-state index in [4.69, 9.17) is 9.47 Å². The van der Waals surface area contributed by atoms with E-state index in [2.05, 4.69) is 10.6 Å². The van der Waals surface area contributed by atoms with Gasteiger partial charge in [0.1, 0.15) is 6.61 Å². The third-order valence-electron chi connectivity index (χ3n) is 4.57. The molecule has 158 valence electrons. The van der Waals surface area contributed by atoms with Crippen LogP contribution in [0.4, 0.5) is 4.79 Å². The minimum Gasteiger partial charge on any atom is -0.493 e. The summed E-state index contributed by atoms with van der Waals surface area (Å²) in [5, 5.41) is 5.82. The molecule has 0 aliphatic heterocycles. The van der Waals surface area contributed by atoms with Crippen LogP contribution in [0.1, 0.15) is 29.7 Å². The lowest BCUT2D eigenvalue weighted by Gasteiger charge is -2.16. The topological polar surface area (TPSA) is 59.6 Å². The summed E-state index contributed by atoms with van der Waals surface area (Å²) in [6.45, 7) is 2.81. The van der Waals surface area contributed by atoms with Gasteiger partial charge in [-0.15, -0.1) is 12.4 Å². The Morgan fingerprint density at radius 2 is 1.57 bits per heavy atom. The summed E-state index contributed by atoms with van der Waals surface area (Å²) >= 11 is 0. The Kier molecular flexibility index (Phi) is 9.03. The molecule has 3 rings (SSSR count). The third-order valence-corrected chi connectivity index (χ3v) is 4.57. The molecule has 0 radical (unpaired) electrons. The first-order valence-electron chi connectivity index (χ1n) is 9.58. The summed E-state index contributed by atoms with van der Waals surface area (Å²) in [7, 11) is 1.61. The van der Waals surface area contributed by atoms with Crippen molar-refractivity contribution in [2.75, 3.05) is 7.11 Å². The van der Waals surface area contributed by atoms with Crippen LogP contribution in [0.15, 0.2) is 78.9 Å². The van der Waals surface area contributed by atoms with Crippen molar-refractivity contribution in [2.45, 2.75) is 26.1 Å². The van der Waals surface area contributed by atoms with Gasteiger partial charge in [0.2, 0.25) is 0 Å². The number of rotatable bonds is 8. The maximum absolute atomic E-state index is 12.2. The molecule has 0 spiro atoms. The van der Waals surface area contributed by atoms with Gasteiger partial charge in [-0.3, -0.25) is 0 Å². The molecule has 0 heterocycles. The van der Waals surface area contributed by atoms with Gasteiger partial charge in [-0.1, -0.05) is 66.7 Å². The fraction of sp³-hybridized carbons (Fsp3) is 0.208. The molecule has 0 aliphatic rings. The standard InChI is InChI=1S/C24H26N2O3.ClH/c1-18(21-11-7-4-8-12-21)26-24(27)25-16-20-13-14-22(23(15-20)28-2)29-17-19-9-5-3-6-10-19;/h3-15,18H,16-17H2,1-2H3,(H2,25,26,27);1H/t18-;/m0./s1. The van der Waals surface area contributed by atoms with Crippen molar-refractivity contribution in [1.82, 2.24) is 10.6 Å². The molecule has 0 aliphatic carbocycles. The van der Waals surface area contributed by atoms with Gasteiger partial charge in [0, 0.05) is 6.54 Å². The summed E-state index contributed by atoms with van der Waals surface area (Å²) in [6.07, 6.45) is 0. The number of hydrogen-bond acceptors (Lipinski definition) is 3. The Hall–Kier alpha value is -3.18. The average Bonchev–Trinajstić information content (AvgIpc) is 2.77. The predicted octanol–water partition coefficient (Wildman–Crippen LogP) is 5.26. The molecule has 2 amide bonds. The highest BCUT2D eigenvalue weighted by atomic mass is 35.5. The zero-order valence-corrected chi connectivity index (χ0v) is 17.9. The normalized spacial score (nSPS) is 11.0. The van der Waals surface area contributed by atoms with E-state index in [0.717, 1.165) is 16.7 Å². The zero-order valence-electron chi connectivity index (χ0n) is 17.1. The van der Waals surface area contributed by atoms with E-state index in [0.29, 0.717) is 24.7 Å². The first-order valence-corrected chi connectivity index (χ1v) is 9.58. The number of ether oxygens (including phenoxy) is 2. The smallest absolute Gasteiger partial charge is 0.315 e. The van der Waals surface area contributed by atoms with Gasteiger partial charge in [-0.2, -0.15) is 0 Å². The molecule has 0 aromatic heterocycles. The number of nitrogens with one attached hydrogen (secondary N) is 2. The Bertz CT molecular complexity index is 920. The highest BCUT2D eigenvalue weighted by Crippen LogP contribution is 2.28. The Labute approximate surface area is 183 Å². The van der Waals surface area contributed by atoms with Crippen molar-refractivity contribution < 1.29 is 14.3 Å². The molecular weight excluding hydrogens is 400 g/mol. The molecule has 3 aromatic rings. The SMILES string of the molecule is COc1cc(CNC(=O)N[C@@H](C)c2ccccc2)ccc1OCc1ccccc1.Cl. The van der Waals surface area contributed by atoms with E-state index in [1.54, 1.807) is 7.11 Å². The van der Waals surface area contributed by atoms with Crippen molar-refractivity contribution in [1.29, 1.82) is 0 Å². The molecule has 0 saturated carbocycles. The van der Waals surface area contributed by atoms with Gasteiger partial charge >= 0.3 is 6.03 Å². The molecule has 0 bridgehead atoms. The number of benzene rings is 3. The quantitative estimate of drug-likeness (QED) is 0.516. The fourth-order valence-electron chi connectivity index (χ4n) is 2.93. The predicted molar refractivity (Wildman–Crippen MR) is 121 cm³/mol. The van der Waals surface area contributed by atoms with Gasteiger partial charge in [0.05, 0.1) is 13.2 Å². The lowest BCUT2D eigenvalue weighted by atomic mass is 10.1. The number of halogens is 1. The van der Waals surface area contributed by atoms with E-state index in [9.17, 15) is 4.79 Å². The number of methoxy groups -OCH3 is 1. The van der Waals surface area contributed by atoms with Crippen LogP contribution in [-0.2, 0) is 13.2 Å². The zero-order chi connectivity index (χ0) is 20.5. The van der Waals surface area contributed by atoms with Crippen molar-refractivity contribution >= 4 is 18.4 Å². The molecule has 3 aromatic carbocycles. The molecule has 5 nitrogen and oxygen atoms in total. The van der Waals surface area contributed by atoms with Crippen LogP contribution < -0.4 is 20.1 Å². The monoisotopic (exact) mass is 426 g/mol. The summed E-state index contributed by atoms with van der Waals surface area (Å²) in [5.41, 5.74) is 3.07. The number of carbonyl (C=O) groups is 1. The third kappa shape index (κ3) is 6.71. The van der Waals surface area contributed by atoms with Crippen LogP contribution in [0.25, 0.3) is 0 Å². The molecule has 6 heteroatoms. The van der Waals surface area contributed by atoms with E-state index < -0.39 is 0 Å². The highest BCUT2D eigenvalue weighted by molar-refractivity contribution is 5.85. The Balaban J connectivity index is 0.00000320. The molecule has 30 heavy (non-hydrogen) atoms. The fourth-order valence-corrected chi connectivity index (χ4v) is 2.93. The number of urea groups is 1. The van der Waals surface area contributed by atoms with Gasteiger partial charge in [-0.05, 0) is 35.7 Å². The van der Waals surface area contributed by atoms with Crippen molar-refractivity contribution in [2.24, 2.45) is 0 Å². The van der Waals surface area contributed by atoms with Crippen LogP contribution in [-0.4, -0.2) is 13.1 Å². The number of hydrogen-bond donors (Lipinski definition) is 2. The van der Waals surface area contributed by atoms with Crippen LogP contribution >= 0.6 is 12.4 Å². The van der Waals surface area contributed by atoms with Crippen molar-refractivity contribution in [3.63, 3.8) is 0 Å². The second-order valence-electron chi connectivity index (χ2n) is 6.72. The van der Waals surface area contributed by atoms with Crippen LogP contribution in [0.2, 0.25) is 0 Å². The molecule has 0 fully saturated rings. The lowest BCUT2D eigenvalue weighted by Crippen LogP contribution is -2.36. The van der Waals surface area contributed by atoms with Crippen LogP contribution in [0.5, 0.6) is 11.5 Å². The molecule has 0 saturated heterocycles. The van der Waals surface area contributed by atoms with E-state index in [1.807, 2.05) is 85.8 Å². The van der Waals surface area contributed by atoms with Gasteiger partial charge in [0.25, 0.3) is 0 Å². The minimum atomic E-state index is -0.218. The van der Waals surface area contributed by atoms with Crippen molar-refractivity contribution in [3.8, 4) is 11.5 Å². The van der Waals surface area contributed by atoms with Crippen LogP contribution in [0, 0.1) is 0 Å². The molecular formula is C24H27ClN2O3. The van der Waals surface area contributed by atoms with E-state index in [1.165, 1.54) is 0 Å². The summed E-state index contributed by atoms with van der Waals surface area (Å²) in [4.78, 5) is 12.2. The lowest BCUT2D eigenvalue weighted by molar-refractivity contribution is 0.237. The second kappa shape index (κ2) is 11.7. The molecule has 2 N–H and O–H groups in total. The highest BCUT2D eigenvalue weighted by Gasteiger charge is 2.10. The molecule has 0 unspecified atom stereocenters. The van der Waals surface area contributed by atoms with E-state index >= 15 is 0 Å². The average molecular weight is 427 g/mol. The summed E-state index contributed by atoms with van der Waals surface area (Å²) < 4.78 is 11.3. The Morgan fingerprint density at radius 3 is 2.23 bits per heavy atom. The second-order valence-corrected chi connectivity index (χ2v) is 6.72. The summed E-state index contributed by atoms with van der Waals surface area (Å²) in [6, 6.07) is 25.2. The summed E-state index contributed by atoms with van der Waals surface area (Å²) in [5.74, 6) is 1.31. The van der Waals surface area contributed by atoms with Gasteiger partial charge < -0.3 is 20.1 Å². The first kappa shape index (κ1) is 23.1. The number of carbonyl (C=O) groups excluding carboxylic acids is 1. The van der Waals surface area contributed by atoms with Gasteiger partial charge in [-0.25, -0.2) is 4.79 Å². The number of amides is 2. The largest absolute Gasteiger partial charge is 0.493 e. The minimum absolute atomic E-state index is 0. The Morgan fingerprint density at radius 1 is 0.900 bits per heavy atom. The van der Waals surface area contributed by atoms with Crippen molar-refractivity contribution in [3.05, 3.63) is 95.6 Å². The van der Waals surface area contributed by atoms with Gasteiger partial charge in [0.15, 0.2) is 11.5 Å². The van der Waals surface area contributed by atoms with Crippen LogP contribution in [0.3, 0.4) is 0 Å². The maximum atomic E-state index is 12.2. The van der Waals surface area contributed by atoms with E-state index in [-0.39, 0.29) is 24.5 Å². The maximum Gasteiger partial charge on any atom is 0.315 e.